The van der Waals surface area contributed by atoms with E-state index in [1.54, 1.807) is 4.90 Å². The molecule has 1 N–H and O–H groups in total. The molecular formula is C28H31BrN2O3. The van der Waals surface area contributed by atoms with E-state index >= 15 is 0 Å². The zero-order chi connectivity index (χ0) is 24.3. The van der Waals surface area contributed by atoms with Gasteiger partial charge in [-0.15, -0.1) is 0 Å². The lowest BCUT2D eigenvalue weighted by atomic mass is 10.0. The molecule has 34 heavy (non-hydrogen) atoms. The summed E-state index contributed by atoms with van der Waals surface area (Å²) >= 11 is 3.50. The van der Waals surface area contributed by atoms with Crippen LogP contribution < -0.4 is 10.1 Å². The summed E-state index contributed by atoms with van der Waals surface area (Å²) in [5, 5.41) is 3.07. The van der Waals surface area contributed by atoms with Gasteiger partial charge in [0.05, 0.1) is 0 Å². The van der Waals surface area contributed by atoms with E-state index in [9.17, 15) is 9.59 Å². The van der Waals surface area contributed by atoms with Crippen LogP contribution in [0.15, 0.2) is 89.4 Å². The number of hydrogen-bond donors (Lipinski definition) is 1. The highest BCUT2D eigenvalue weighted by atomic mass is 79.9. The molecular weight excluding hydrogens is 492 g/mol. The number of carbonyl (C=O) groups excluding carboxylic acids is 2. The van der Waals surface area contributed by atoms with Gasteiger partial charge in [0.15, 0.2) is 6.61 Å². The number of halogens is 1. The number of rotatable bonds is 11. The Hall–Kier alpha value is -3.12. The topological polar surface area (TPSA) is 58.6 Å². The quantitative estimate of drug-likeness (QED) is 0.367. The second-order valence-corrected chi connectivity index (χ2v) is 9.19. The molecule has 0 aliphatic carbocycles. The molecule has 0 saturated carbocycles. The lowest BCUT2D eigenvalue weighted by molar-refractivity contribution is -0.143. The molecule has 0 aliphatic rings. The van der Waals surface area contributed by atoms with Crippen molar-refractivity contribution in [3.05, 3.63) is 101 Å². The molecule has 3 aromatic carbocycles. The van der Waals surface area contributed by atoms with Gasteiger partial charge in [-0.05, 0) is 48.7 Å². The third kappa shape index (κ3) is 7.73. The van der Waals surface area contributed by atoms with Crippen LogP contribution in [0.5, 0.6) is 5.75 Å². The van der Waals surface area contributed by atoms with Crippen LogP contribution in [0, 0.1) is 0 Å². The maximum absolute atomic E-state index is 13.5. The first-order chi connectivity index (χ1) is 16.5. The average Bonchev–Trinajstić information content (AvgIpc) is 2.85. The van der Waals surface area contributed by atoms with Gasteiger partial charge in [-0.3, -0.25) is 9.59 Å². The van der Waals surface area contributed by atoms with Crippen LogP contribution in [0.3, 0.4) is 0 Å². The second kappa shape index (κ2) is 12.9. The van der Waals surface area contributed by atoms with Crippen LogP contribution in [0.2, 0.25) is 0 Å². The fourth-order valence-electron chi connectivity index (χ4n) is 3.57. The first-order valence-electron chi connectivity index (χ1n) is 11.5. The van der Waals surface area contributed by atoms with Crippen molar-refractivity contribution in [3.8, 4) is 5.75 Å². The monoisotopic (exact) mass is 522 g/mol. The molecule has 6 heteroatoms. The number of nitrogens with one attached hydrogen (secondary N) is 1. The smallest absolute Gasteiger partial charge is 0.261 e. The minimum atomic E-state index is -0.678. The van der Waals surface area contributed by atoms with E-state index in [1.807, 2.05) is 98.8 Å². The minimum absolute atomic E-state index is 0.00849. The zero-order valence-corrected chi connectivity index (χ0v) is 21.2. The molecule has 0 saturated heterocycles. The molecule has 0 bridgehead atoms. The Balaban J connectivity index is 1.91. The average molecular weight is 523 g/mol. The maximum atomic E-state index is 13.5. The normalized spacial score (nSPS) is 12.4. The fraction of sp³-hybridized carbons (Fsp3) is 0.286. The van der Waals surface area contributed by atoms with Crippen molar-refractivity contribution in [1.29, 1.82) is 0 Å². The van der Waals surface area contributed by atoms with E-state index in [1.165, 1.54) is 0 Å². The summed E-state index contributed by atoms with van der Waals surface area (Å²) in [6.07, 6.45) is 1.22. The molecule has 0 radical (unpaired) electrons. The first kappa shape index (κ1) is 25.5. The van der Waals surface area contributed by atoms with Crippen molar-refractivity contribution < 1.29 is 14.3 Å². The molecule has 0 aliphatic heterocycles. The summed E-state index contributed by atoms with van der Waals surface area (Å²) in [6.45, 7) is 4.13. The molecule has 178 valence electrons. The fourth-order valence-corrected chi connectivity index (χ4v) is 4.02. The van der Waals surface area contributed by atoms with E-state index in [-0.39, 0.29) is 24.5 Å². The van der Waals surface area contributed by atoms with E-state index in [2.05, 4.69) is 21.2 Å². The number of amides is 2. The summed E-state index contributed by atoms with van der Waals surface area (Å²) in [5.41, 5.74) is 1.92. The van der Waals surface area contributed by atoms with Crippen molar-refractivity contribution in [3.63, 3.8) is 0 Å². The molecule has 3 aromatic rings. The number of benzene rings is 3. The van der Waals surface area contributed by atoms with Gasteiger partial charge in [-0.2, -0.15) is 0 Å². The Bertz CT molecular complexity index is 1060. The van der Waals surface area contributed by atoms with Gasteiger partial charge in [0.1, 0.15) is 11.8 Å². The Morgan fingerprint density at radius 1 is 0.941 bits per heavy atom. The maximum Gasteiger partial charge on any atom is 0.261 e. The number of carbonyl (C=O) groups is 2. The summed E-state index contributed by atoms with van der Waals surface area (Å²) in [7, 11) is 0. The van der Waals surface area contributed by atoms with Crippen molar-refractivity contribution in [2.75, 3.05) is 6.61 Å². The van der Waals surface area contributed by atoms with Crippen molar-refractivity contribution in [1.82, 2.24) is 10.2 Å². The molecule has 0 spiro atoms. The number of nitrogens with zero attached hydrogens (tertiary/aromatic N) is 1. The highest BCUT2D eigenvalue weighted by molar-refractivity contribution is 9.10. The Labute approximate surface area is 210 Å². The Morgan fingerprint density at radius 2 is 1.59 bits per heavy atom. The van der Waals surface area contributed by atoms with E-state index in [0.717, 1.165) is 22.0 Å². The van der Waals surface area contributed by atoms with Crippen LogP contribution in [-0.2, 0) is 22.6 Å². The lowest BCUT2D eigenvalue weighted by Crippen LogP contribution is -2.53. The summed E-state index contributed by atoms with van der Waals surface area (Å²) < 4.78 is 6.68. The predicted molar refractivity (Wildman–Crippen MR) is 138 cm³/mol. The summed E-state index contributed by atoms with van der Waals surface area (Å²) in [5.74, 6) is 0.201. The molecule has 0 fully saturated rings. The number of para-hydroxylation sites is 1. The van der Waals surface area contributed by atoms with Crippen LogP contribution >= 0.6 is 15.9 Å². The highest BCUT2D eigenvalue weighted by Crippen LogP contribution is 2.19. The third-order valence-corrected chi connectivity index (χ3v) is 6.11. The summed E-state index contributed by atoms with van der Waals surface area (Å²) in [4.78, 5) is 28.6. The van der Waals surface area contributed by atoms with Gasteiger partial charge >= 0.3 is 0 Å². The molecule has 2 amide bonds. The van der Waals surface area contributed by atoms with Crippen LogP contribution in [0.4, 0.5) is 0 Å². The molecule has 2 unspecified atom stereocenters. The molecule has 2 atom stereocenters. The Morgan fingerprint density at radius 3 is 2.24 bits per heavy atom. The largest absolute Gasteiger partial charge is 0.484 e. The number of ether oxygens (including phenoxy) is 1. The van der Waals surface area contributed by atoms with Crippen LogP contribution in [-0.4, -0.2) is 35.4 Å². The van der Waals surface area contributed by atoms with E-state index in [4.69, 9.17) is 4.74 Å². The lowest BCUT2D eigenvalue weighted by Gasteiger charge is -2.32. The zero-order valence-electron chi connectivity index (χ0n) is 19.6. The second-order valence-electron chi connectivity index (χ2n) is 8.28. The van der Waals surface area contributed by atoms with Gasteiger partial charge in [0, 0.05) is 23.5 Å². The van der Waals surface area contributed by atoms with Gasteiger partial charge < -0.3 is 15.0 Å². The third-order valence-electron chi connectivity index (χ3n) is 5.62. The summed E-state index contributed by atoms with van der Waals surface area (Å²) in [6, 6.07) is 26.1. The molecule has 5 nitrogen and oxygen atoms in total. The van der Waals surface area contributed by atoms with Gasteiger partial charge in [0.25, 0.3) is 5.91 Å². The molecule has 0 aromatic heterocycles. The van der Waals surface area contributed by atoms with Crippen molar-refractivity contribution in [2.24, 2.45) is 0 Å². The van der Waals surface area contributed by atoms with Gasteiger partial charge in [-0.25, -0.2) is 0 Å². The predicted octanol–water partition coefficient (Wildman–Crippen LogP) is 5.38. The first-order valence-corrected chi connectivity index (χ1v) is 12.3. The van der Waals surface area contributed by atoms with E-state index in [0.29, 0.717) is 18.7 Å². The Kier molecular flexibility index (Phi) is 9.71. The standard InChI is InChI=1S/C28H31BrN2O3/c1-3-21(2)30-28(33)26(18-22-11-6-4-7-12-22)31(19-23-13-10-14-24(29)17-23)27(32)20-34-25-15-8-5-9-16-25/h4-17,21,26H,3,18-20H2,1-2H3,(H,30,33). The van der Waals surface area contributed by atoms with Crippen molar-refractivity contribution in [2.45, 2.75) is 45.3 Å². The van der Waals surface area contributed by atoms with Crippen molar-refractivity contribution >= 4 is 27.7 Å². The van der Waals surface area contributed by atoms with Crippen LogP contribution in [0.25, 0.3) is 0 Å². The van der Waals surface area contributed by atoms with Crippen LogP contribution in [0.1, 0.15) is 31.4 Å². The van der Waals surface area contributed by atoms with Gasteiger partial charge in [0.2, 0.25) is 5.91 Å². The van der Waals surface area contributed by atoms with Gasteiger partial charge in [-0.1, -0.05) is 83.5 Å². The SMILES string of the molecule is CCC(C)NC(=O)C(Cc1ccccc1)N(Cc1cccc(Br)c1)C(=O)COc1ccccc1. The molecule has 0 heterocycles. The number of hydrogen-bond acceptors (Lipinski definition) is 3. The van der Waals surface area contributed by atoms with E-state index < -0.39 is 6.04 Å². The minimum Gasteiger partial charge on any atom is -0.484 e. The highest BCUT2D eigenvalue weighted by Gasteiger charge is 2.31. The molecule has 3 rings (SSSR count).